The number of morpholine rings is 1. The van der Waals surface area contributed by atoms with E-state index in [0.717, 1.165) is 57.9 Å². The molecule has 3 heterocycles. The van der Waals surface area contributed by atoms with Crippen LogP contribution in [0.25, 0.3) is 0 Å². The number of rotatable bonds is 4. The Bertz CT molecular complexity index is 575. The molecular weight excluding hydrogens is 308 g/mol. The molecule has 0 aromatic carbocycles. The fourth-order valence-electron chi connectivity index (χ4n) is 3.32. The zero-order valence-corrected chi connectivity index (χ0v) is 14.5. The van der Waals surface area contributed by atoms with E-state index in [0.29, 0.717) is 17.5 Å². The summed E-state index contributed by atoms with van der Waals surface area (Å²) >= 11 is 0. The van der Waals surface area contributed by atoms with Crippen molar-refractivity contribution in [1.29, 1.82) is 0 Å². The Labute approximate surface area is 142 Å². The van der Waals surface area contributed by atoms with Crippen LogP contribution in [0.1, 0.15) is 12.0 Å². The highest BCUT2D eigenvalue weighted by molar-refractivity contribution is 5.90. The normalized spacial score (nSPS) is 21.8. The lowest BCUT2D eigenvalue weighted by Gasteiger charge is -2.29. The summed E-state index contributed by atoms with van der Waals surface area (Å²) in [5.74, 6) is 0.976. The van der Waals surface area contributed by atoms with Gasteiger partial charge in [0.05, 0.1) is 20.3 Å². The van der Waals surface area contributed by atoms with Crippen LogP contribution < -0.4 is 10.1 Å². The predicted octanol–water partition coefficient (Wildman–Crippen LogP) is 1.58. The maximum atomic E-state index is 12.5. The summed E-state index contributed by atoms with van der Waals surface area (Å²) in [5.41, 5.74) is 1.61. The van der Waals surface area contributed by atoms with E-state index in [2.05, 4.69) is 15.2 Å². The highest BCUT2D eigenvalue weighted by Crippen LogP contribution is 2.24. The number of urea groups is 1. The number of ether oxygens (including phenoxy) is 2. The average molecular weight is 334 g/mol. The van der Waals surface area contributed by atoms with Crippen LogP contribution in [0, 0.1) is 12.8 Å². The van der Waals surface area contributed by atoms with Gasteiger partial charge in [-0.05, 0) is 30.9 Å². The maximum absolute atomic E-state index is 12.5. The second-order valence-corrected chi connectivity index (χ2v) is 6.51. The predicted molar refractivity (Wildman–Crippen MR) is 91.5 cm³/mol. The number of carbonyl (C=O) groups excluding carboxylic acids is 1. The molecule has 1 aromatic heterocycles. The van der Waals surface area contributed by atoms with Crippen molar-refractivity contribution in [1.82, 2.24) is 14.8 Å². The number of pyridine rings is 1. The summed E-state index contributed by atoms with van der Waals surface area (Å²) < 4.78 is 10.6. The third-order valence-corrected chi connectivity index (χ3v) is 4.62. The van der Waals surface area contributed by atoms with Crippen molar-refractivity contribution in [2.45, 2.75) is 13.3 Å². The summed E-state index contributed by atoms with van der Waals surface area (Å²) in [4.78, 5) is 21.0. The monoisotopic (exact) mass is 334 g/mol. The molecule has 2 saturated heterocycles. The van der Waals surface area contributed by atoms with Crippen molar-refractivity contribution < 1.29 is 14.3 Å². The van der Waals surface area contributed by atoms with Crippen LogP contribution in [0.3, 0.4) is 0 Å². The summed E-state index contributed by atoms with van der Waals surface area (Å²) in [6.45, 7) is 8.20. The number of anilines is 1. The van der Waals surface area contributed by atoms with Gasteiger partial charge in [-0.3, -0.25) is 4.90 Å². The first kappa shape index (κ1) is 17.0. The Morgan fingerprint density at radius 3 is 2.96 bits per heavy atom. The molecular formula is C17H26N4O3. The van der Waals surface area contributed by atoms with Gasteiger partial charge < -0.3 is 19.7 Å². The molecule has 3 rings (SSSR count). The van der Waals surface area contributed by atoms with Crippen LogP contribution in [-0.4, -0.2) is 73.9 Å². The molecule has 2 fully saturated rings. The van der Waals surface area contributed by atoms with E-state index >= 15 is 0 Å². The highest BCUT2D eigenvalue weighted by atomic mass is 16.5. The molecule has 0 unspecified atom stereocenters. The van der Waals surface area contributed by atoms with E-state index in [-0.39, 0.29) is 6.03 Å². The lowest BCUT2D eigenvalue weighted by Crippen LogP contribution is -2.40. The van der Waals surface area contributed by atoms with Crippen LogP contribution in [0.15, 0.2) is 12.3 Å². The third-order valence-electron chi connectivity index (χ3n) is 4.62. The second kappa shape index (κ2) is 7.81. The average Bonchev–Trinajstić information content (AvgIpc) is 3.05. The molecule has 7 nitrogen and oxygen atoms in total. The molecule has 132 valence electrons. The molecule has 7 heteroatoms. The number of aryl methyl sites for hydroxylation is 1. The minimum Gasteiger partial charge on any atom is -0.480 e. The molecule has 0 saturated carbocycles. The van der Waals surface area contributed by atoms with Gasteiger partial charge in [-0.1, -0.05) is 0 Å². The first-order chi connectivity index (χ1) is 11.7. The summed E-state index contributed by atoms with van der Waals surface area (Å²) in [7, 11) is 1.56. The Morgan fingerprint density at radius 2 is 2.21 bits per heavy atom. The lowest BCUT2D eigenvalue weighted by atomic mass is 10.1. The van der Waals surface area contributed by atoms with Gasteiger partial charge in [0.25, 0.3) is 0 Å². The largest absolute Gasteiger partial charge is 0.480 e. The molecule has 0 aliphatic carbocycles. The van der Waals surface area contributed by atoms with Gasteiger partial charge >= 0.3 is 6.03 Å². The van der Waals surface area contributed by atoms with E-state index in [9.17, 15) is 4.79 Å². The zero-order chi connectivity index (χ0) is 16.9. The van der Waals surface area contributed by atoms with E-state index in [1.165, 1.54) is 0 Å². The minimum atomic E-state index is -0.0785. The van der Waals surface area contributed by atoms with Crippen molar-refractivity contribution in [2.75, 3.05) is 58.4 Å². The Morgan fingerprint density at radius 1 is 1.42 bits per heavy atom. The molecule has 2 aliphatic rings. The number of aromatic nitrogens is 1. The highest BCUT2D eigenvalue weighted by Gasteiger charge is 2.28. The molecule has 1 atom stereocenters. The van der Waals surface area contributed by atoms with Gasteiger partial charge in [0.1, 0.15) is 5.69 Å². The SMILES string of the molecule is COc1ncc(C)cc1NC(=O)N1CC[C@H](CN2CCOCC2)C1. The number of nitrogens with one attached hydrogen (secondary N) is 1. The Balaban J connectivity index is 1.53. The van der Waals surface area contributed by atoms with Gasteiger partial charge in [-0.2, -0.15) is 0 Å². The third kappa shape index (κ3) is 4.15. The Hall–Kier alpha value is -1.86. The van der Waals surface area contributed by atoms with Crippen molar-refractivity contribution in [3.8, 4) is 5.88 Å². The molecule has 0 radical (unpaired) electrons. The summed E-state index contributed by atoms with van der Waals surface area (Å²) in [5, 5.41) is 2.93. The molecule has 0 spiro atoms. The minimum absolute atomic E-state index is 0.0785. The molecule has 24 heavy (non-hydrogen) atoms. The van der Waals surface area contributed by atoms with E-state index in [1.54, 1.807) is 13.3 Å². The fraction of sp³-hybridized carbons (Fsp3) is 0.647. The molecule has 1 N–H and O–H groups in total. The van der Waals surface area contributed by atoms with E-state index in [1.807, 2.05) is 17.9 Å². The fourth-order valence-corrected chi connectivity index (χ4v) is 3.32. The van der Waals surface area contributed by atoms with Gasteiger partial charge in [0.15, 0.2) is 0 Å². The lowest BCUT2D eigenvalue weighted by molar-refractivity contribution is 0.0314. The van der Waals surface area contributed by atoms with Gasteiger partial charge in [-0.15, -0.1) is 0 Å². The first-order valence-electron chi connectivity index (χ1n) is 8.52. The van der Waals surface area contributed by atoms with Crippen LogP contribution >= 0.6 is 0 Å². The van der Waals surface area contributed by atoms with Crippen molar-refractivity contribution >= 4 is 11.7 Å². The van der Waals surface area contributed by atoms with Crippen LogP contribution in [0.5, 0.6) is 5.88 Å². The zero-order valence-electron chi connectivity index (χ0n) is 14.5. The maximum Gasteiger partial charge on any atom is 0.322 e. The molecule has 2 aliphatic heterocycles. The number of likely N-dealkylation sites (tertiary alicyclic amines) is 1. The number of hydrogen-bond acceptors (Lipinski definition) is 5. The van der Waals surface area contributed by atoms with Gasteiger partial charge in [0.2, 0.25) is 5.88 Å². The van der Waals surface area contributed by atoms with E-state index < -0.39 is 0 Å². The summed E-state index contributed by atoms with van der Waals surface area (Å²) in [6.07, 6.45) is 2.77. The molecule has 1 aromatic rings. The van der Waals surface area contributed by atoms with Crippen LogP contribution in [-0.2, 0) is 4.74 Å². The smallest absolute Gasteiger partial charge is 0.322 e. The van der Waals surface area contributed by atoms with Crippen LogP contribution in [0.2, 0.25) is 0 Å². The Kier molecular flexibility index (Phi) is 5.52. The standard InChI is InChI=1S/C17H26N4O3/c1-13-9-15(16(23-2)18-10-13)19-17(22)21-4-3-14(12-21)11-20-5-7-24-8-6-20/h9-10,14H,3-8,11-12H2,1-2H3,(H,19,22)/t14-/m1/s1. The van der Waals surface area contributed by atoms with Gasteiger partial charge in [-0.25, -0.2) is 9.78 Å². The topological polar surface area (TPSA) is 66.9 Å². The number of carbonyl (C=O) groups is 1. The quantitative estimate of drug-likeness (QED) is 0.906. The first-order valence-corrected chi connectivity index (χ1v) is 8.52. The van der Waals surface area contributed by atoms with E-state index in [4.69, 9.17) is 9.47 Å². The van der Waals surface area contributed by atoms with Crippen LogP contribution in [0.4, 0.5) is 10.5 Å². The second-order valence-electron chi connectivity index (χ2n) is 6.51. The number of methoxy groups -OCH3 is 1. The van der Waals surface area contributed by atoms with Crippen molar-refractivity contribution in [2.24, 2.45) is 5.92 Å². The van der Waals surface area contributed by atoms with Crippen molar-refractivity contribution in [3.05, 3.63) is 17.8 Å². The summed E-state index contributed by atoms with van der Waals surface area (Å²) in [6, 6.07) is 1.80. The molecule has 2 amide bonds. The number of amides is 2. The number of nitrogens with zero attached hydrogens (tertiary/aromatic N) is 3. The van der Waals surface area contributed by atoms with Crippen molar-refractivity contribution in [3.63, 3.8) is 0 Å². The number of hydrogen-bond donors (Lipinski definition) is 1. The molecule has 0 bridgehead atoms. The van der Waals surface area contributed by atoms with Gasteiger partial charge in [0, 0.05) is 38.9 Å².